The molecule has 2 atom stereocenters. The molecule has 4 rings (SSSR count). The summed E-state index contributed by atoms with van der Waals surface area (Å²) in [5.41, 5.74) is 1.00. The Balaban J connectivity index is 1.40. The fourth-order valence-corrected chi connectivity index (χ4v) is 3.44. The summed E-state index contributed by atoms with van der Waals surface area (Å²) in [7, 11) is 0. The highest BCUT2D eigenvalue weighted by atomic mass is 16.7. The molecule has 0 aliphatic carbocycles. The molecule has 2 bridgehead atoms. The lowest BCUT2D eigenvalue weighted by Gasteiger charge is -2.29. The van der Waals surface area contributed by atoms with Gasteiger partial charge in [0.15, 0.2) is 0 Å². The molecule has 1 unspecified atom stereocenters. The standard InChI is InChI=1S/C19H20N4O3/c24-18(21-17-8-4-5-11-20-17)16-10-9-15-12-22(16)19(25)23(15)26-13-14-6-2-1-3-7-14/h1-8,11,15-16H,9-10,12-13H2,(H,20,21,24)/t15?,16-/m0/s1. The van der Waals surface area contributed by atoms with Crippen LogP contribution in [0.1, 0.15) is 18.4 Å². The molecule has 1 aromatic heterocycles. The van der Waals surface area contributed by atoms with Gasteiger partial charge in [-0.2, -0.15) is 5.06 Å². The monoisotopic (exact) mass is 352 g/mol. The van der Waals surface area contributed by atoms with Gasteiger partial charge in [0.1, 0.15) is 18.5 Å². The number of hydroxylamine groups is 2. The minimum Gasteiger partial charge on any atom is -0.309 e. The van der Waals surface area contributed by atoms with Crippen molar-refractivity contribution in [3.63, 3.8) is 0 Å². The fourth-order valence-electron chi connectivity index (χ4n) is 3.44. The van der Waals surface area contributed by atoms with Gasteiger partial charge in [0.25, 0.3) is 0 Å². The Morgan fingerprint density at radius 3 is 2.73 bits per heavy atom. The summed E-state index contributed by atoms with van der Waals surface area (Å²) in [6, 6.07) is 14.3. The molecule has 26 heavy (non-hydrogen) atoms. The zero-order valence-corrected chi connectivity index (χ0v) is 14.2. The van der Waals surface area contributed by atoms with Crippen LogP contribution >= 0.6 is 0 Å². The van der Waals surface area contributed by atoms with Crippen LogP contribution in [0.3, 0.4) is 0 Å². The molecule has 2 fully saturated rings. The van der Waals surface area contributed by atoms with Crippen molar-refractivity contribution < 1.29 is 14.4 Å². The predicted molar refractivity (Wildman–Crippen MR) is 94.8 cm³/mol. The molecule has 1 N–H and O–H groups in total. The minimum absolute atomic E-state index is 0.00916. The van der Waals surface area contributed by atoms with E-state index in [9.17, 15) is 9.59 Å². The van der Waals surface area contributed by atoms with Crippen molar-refractivity contribution in [2.75, 3.05) is 11.9 Å². The number of anilines is 1. The van der Waals surface area contributed by atoms with Gasteiger partial charge in [-0.15, -0.1) is 0 Å². The predicted octanol–water partition coefficient (Wildman–Crippen LogP) is 2.42. The lowest BCUT2D eigenvalue weighted by molar-refractivity contribution is -0.140. The molecule has 2 aliphatic heterocycles. The number of hydrogen-bond donors (Lipinski definition) is 1. The second kappa shape index (κ2) is 7.13. The maximum absolute atomic E-state index is 12.7. The van der Waals surface area contributed by atoms with E-state index in [2.05, 4.69) is 10.3 Å². The van der Waals surface area contributed by atoms with Crippen molar-refractivity contribution in [1.82, 2.24) is 14.9 Å². The van der Waals surface area contributed by atoms with Crippen LogP contribution in [-0.4, -0.2) is 45.5 Å². The third-order valence-corrected chi connectivity index (χ3v) is 4.75. The van der Waals surface area contributed by atoms with Crippen molar-refractivity contribution in [2.45, 2.75) is 31.5 Å². The molecule has 0 radical (unpaired) electrons. The molecule has 7 heteroatoms. The summed E-state index contributed by atoms with van der Waals surface area (Å²) in [4.78, 5) is 36.7. The Bertz CT molecular complexity index is 784. The van der Waals surface area contributed by atoms with Crippen LogP contribution in [0.15, 0.2) is 54.7 Å². The molecule has 2 aliphatic rings. The largest absolute Gasteiger partial charge is 0.345 e. The molecule has 0 spiro atoms. The van der Waals surface area contributed by atoms with Gasteiger partial charge in [-0.3, -0.25) is 9.63 Å². The van der Waals surface area contributed by atoms with E-state index in [0.29, 0.717) is 25.4 Å². The lowest BCUT2D eigenvalue weighted by Crippen LogP contribution is -2.47. The molecule has 134 valence electrons. The number of urea groups is 1. The first-order chi connectivity index (χ1) is 12.7. The molecule has 1 aromatic carbocycles. The molecular formula is C19H20N4O3. The van der Waals surface area contributed by atoms with Crippen LogP contribution in [0, 0.1) is 0 Å². The van der Waals surface area contributed by atoms with Crippen LogP contribution in [0.25, 0.3) is 0 Å². The van der Waals surface area contributed by atoms with Gasteiger partial charge in [-0.25, -0.2) is 9.78 Å². The van der Waals surface area contributed by atoms with E-state index in [0.717, 1.165) is 12.0 Å². The summed E-state index contributed by atoms with van der Waals surface area (Å²) < 4.78 is 0. The summed E-state index contributed by atoms with van der Waals surface area (Å²) in [5.74, 6) is 0.281. The Hall–Kier alpha value is -2.93. The average molecular weight is 352 g/mol. The van der Waals surface area contributed by atoms with Crippen LogP contribution in [0.4, 0.5) is 10.6 Å². The van der Waals surface area contributed by atoms with E-state index in [1.807, 2.05) is 30.3 Å². The molecule has 2 saturated heterocycles. The third-order valence-electron chi connectivity index (χ3n) is 4.75. The summed E-state index contributed by atoms with van der Waals surface area (Å²) in [6.45, 7) is 0.843. The zero-order valence-electron chi connectivity index (χ0n) is 14.2. The zero-order chi connectivity index (χ0) is 17.9. The summed E-state index contributed by atoms with van der Waals surface area (Å²) in [5, 5.41) is 4.22. The molecular weight excluding hydrogens is 332 g/mol. The Kier molecular flexibility index (Phi) is 4.53. The number of benzene rings is 1. The van der Waals surface area contributed by atoms with Gasteiger partial charge in [-0.1, -0.05) is 36.4 Å². The lowest BCUT2D eigenvalue weighted by atomic mass is 10.0. The average Bonchev–Trinajstić information content (AvgIpc) is 2.92. The van der Waals surface area contributed by atoms with Crippen LogP contribution in [0.2, 0.25) is 0 Å². The minimum atomic E-state index is -0.494. The number of carbonyl (C=O) groups is 2. The normalized spacial score (nSPS) is 21.8. The van der Waals surface area contributed by atoms with E-state index in [1.54, 1.807) is 29.3 Å². The maximum Gasteiger partial charge on any atom is 0.345 e. The van der Waals surface area contributed by atoms with E-state index in [1.165, 1.54) is 5.06 Å². The van der Waals surface area contributed by atoms with E-state index >= 15 is 0 Å². The van der Waals surface area contributed by atoms with Crippen molar-refractivity contribution >= 4 is 17.8 Å². The van der Waals surface area contributed by atoms with Crippen molar-refractivity contribution in [3.05, 3.63) is 60.3 Å². The second-order valence-electron chi connectivity index (χ2n) is 6.47. The molecule has 7 nitrogen and oxygen atoms in total. The van der Waals surface area contributed by atoms with E-state index in [4.69, 9.17) is 4.84 Å². The Morgan fingerprint density at radius 1 is 1.15 bits per heavy atom. The highest BCUT2D eigenvalue weighted by molar-refractivity contribution is 5.97. The number of piperidine rings is 1. The molecule has 3 heterocycles. The molecule has 2 aromatic rings. The summed E-state index contributed by atoms with van der Waals surface area (Å²) in [6.07, 6.45) is 2.96. The quantitative estimate of drug-likeness (QED) is 0.897. The molecule has 0 saturated carbocycles. The van der Waals surface area contributed by atoms with Crippen molar-refractivity contribution in [3.8, 4) is 0 Å². The number of aromatic nitrogens is 1. The highest BCUT2D eigenvalue weighted by Gasteiger charge is 2.47. The number of nitrogens with zero attached hydrogens (tertiary/aromatic N) is 3. The van der Waals surface area contributed by atoms with Crippen LogP contribution in [-0.2, 0) is 16.2 Å². The third kappa shape index (κ3) is 3.25. The van der Waals surface area contributed by atoms with Crippen molar-refractivity contribution in [2.24, 2.45) is 0 Å². The summed E-state index contributed by atoms with van der Waals surface area (Å²) >= 11 is 0. The number of fused-ring (bicyclic) bond motifs is 2. The van der Waals surface area contributed by atoms with Crippen LogP contribution in [0.5, 0.6) is 0 Å². The first-order valence-corrected chi connectivity index (χ1v) is 8.71. The molecule has 3 amide bonds. The smallest absolute Gasteiger partial charge is 0.309 e. The van der Waals surface area contributed by atoms with Crippen molar-refractivity contribution in [1.29, 1.82) is 0 Å². The maximum atomic E-state index is 12.7. The first kappa shape index (κ1) is 16.5. The second-order valence-corrected chi connectivity index (χ2v) is 6.47. The first-order valence-electron chi connectivity index (χ1n) is 8.71. The number of carbonyl (C=O) groups excluding carboxylic acids is 2. The van der Waals surface area contributed by atoms with E-state index < -0.39 is 6.04 Å². The number of amides is 3. The van der Waals surface area contributed by atoms with Gasteiger partial charge < -0.3 is 10.2 Å². The topological polar surface area (TPSA) is 74.8 Å². The SMILES string of the molecule is O=C(Nc1ccccn1)[C@@H]1CCC2CN1C(=O)N2OCc1ccccc1. The number of hydrogen-bond acceptors (Lipinski definition) is 4. The van der Waals surface area contributed by atoms with Gasteiger partial charge in [-0.05, 0) is 30.5 Å². The number of pyridine rings is 1. The number of nitrogens with one attached hydrogen (secondary N) is 1. The van der Waals surface area contributed by atoms with Gasteiger partial charge >= 0.3 is 6.03 Å². The van der Waals surface area contributed by atoms with Gasteiger partial charge in [0.2, 0.25) is 5.91 Å². The Morgan fingerprint density at radius 2 is 1.96 bits per heavy atom. The van der Waals surface area contributed by atoms with E-state index in [-0.39, 0.29) is 18.0 Å². The fraction of sp³-hybridized carbons (Fsp3) is 0.316. The van der Waals surface area contributed by atoms with Crippen LogP contribution < -0.4 is 5.32 Å². The highest BCUT2D eigenvalue weighted by Crippen LogP contribution is 2.31. The Labute approximate surface area is 151 Å². The van der Waals surface area contributed by atoms with Gasteiger partial charge in [0, 0.05) is 12.7 Å². The number of rotatable bonds is 5. The van der Waals surface area contributed by atoms with Gasteiger partial charge in [0.05, 0.1) is 6.04 Å².